The number of carbonyl (C=O) groups excluding carboxylic acids is 5. The van der Waals surface area contributed by atoms with Crippen LogP contribution in [0.1, 0.15) is 83.4 Å². The molecule has 216 valence electrons. The molecule has 39 heavy (non-hydrogen) atoms. The fourth-order valence-electron chi connectivity index (χ4n) is 4.29. The standard InChI is InChI=1S/C28H42N4O7/c1-6-38-23(34)16-17-30-25(35)24(20-13-8-7-10-18(20)2)32(19-11-9-12-19)26(36)21(14-15-22(29)33)31-27(37)39-28(3,4)5/h7-8,10,13,19,21,24H,6,9,11-12,14-17H2,1-5H3,(H2,29,33)(H,30,35)(H,31,37). The summed E-state index contributed by atoms with van der Waals surface area (Å²) in [7, 11) is 0. The molecule has 0 bridgehead atoms. The van der Waals surface area contributed by atoms with Crippen molar-refractivity contribution < 1.29 is 33.4 Å². The Labute approximate surface area is 230 Å². The van der Waals surface area contributed by atoms with Crippen LogP contribution in [-0.4, -0.2) is 65.5 Å². The fraction of sp³-hybridized carbons (Fsp3) is 0.607. The molecule has 0 aromatic heterocycles. The van der Waals surface area contributed by atoms with Crippen molar-refractivity contribution in [1.29, 1.82) is 0 Å². The molecule has 11 nitrogen and oxygen atoms in total. The third-order valence-corrected chi connectivity index (χ3v) is 6.33. The van der Waals surface area contributed by atoms with Crippen molar-refractivity contribution >= 4 is 29.8 Å². The van der Waals surface area contributed by atoms with E-state index in [1.807, 2.05) is 19.1 Å². The molecule has 1 aliphatic carbocycles. The Balaban J connectivity index is 2.44. The lowest BCUT2D eigenvalue weighted by molar-refractivity contribution is -0.148. The molecule has 11 heteroatoms. The van der Waals surface area contributed by atoms with Crippen molar-refractivity contribution in [3.8, 4) is 0 Å². The molecule has 4 N–H and O–H groups in total. The van der Waals surface area contributed by atoms with Crippen LogP contribution in [0.5, 0.6) is 0 Å². The summed E-state index contributed by atoms with van der Waals surface area (Å²) in [5.41, 5.74) is 5.97. The van der Waals surface area contributed by atoms with Gasteiger partial charge in [-0.3, -0.25) is 19.2 Å². The minimum atomic E-state index is -1.15. The summed E-state index contributed by atoms with van der Waals surface area (Å²) in [5.74, 6) is -2.04. The van der Waals surface area contributed by atoms with Gasteiger partial charge in [-0.25, -0.2) is 4.79 Å². The van der Waals surface area contributed by atoms with Crippen molar-refractivity contribution in [3.05, 3.63) is 35.4 Å². The number of benzene rings is 1. The first-order chi connectivity index (χ1) is 18.3. The van der Waals surface area contributed by atoms with Crippen LogP contribution in [0.25, 0.3) is 0 Å². The third kappa shape index (κ3) is 9.88. The Bertz CT molecular complexity index is 1030. The first-order valence-corrected chi connectivity index (χ1v) is 13.4. The molecule has 0 aliphatic heterocycles. The molecular weight excluding hydrogens is 504 g/mol. The van der Waals surface area contributed by atoms with Gasteiger partial charge in [0.2, 0.25) is 17.7 Å². The summed E-state index contributed by atoms with van der Waals surface area (Å²) in [4.78, 5) is 65.4. The Hall–Kier alpha value is -3.63. The summed E-state index contributed by atoms with van der Waals surface area (Å²) in [6, 6.07) is 4.83. The lowest BCUT2D eigenvalue weighted by Gasteiger charge is -2.44. The molecular formula is C28H42N4O7. The third-order valence-electron chi connectivity index (χ3n) is 6.33. The van der Waals surface area contributed by atoms with E-state index in [1.54, 1.807) is 39.8 Å². The second-order valence-corrected chi connectivity index (χ2v) is 10.6. The number of alkyl carbamates (subject to hydrolysis) is 1. The average Bonchev–Trinajstić information content (AvgIpc) is 2.79. The van der Waals surface area contributed by atoms with E-state index >= 15 is 0 Å². The van der Waals surface area contributed by atoms with Crippen LogP contribution in [0.15, 0.2) is 24.3 Å². The van der Waals surface area contributed by atoms with Crippen molar-refractivity contribution in [1.82, 2.24) is 15.5 Å². The molecule has 2 rings (SSSR count). The highest BCUT2D eigenvalue weighted by Crippen LogP contribution is 2.35. The number of nitrogens with two attached hydrogens (primary N) is 1. The van der Waals surface area contributed by atoms with Gasteiger partial charge in [0.15, 0.2) is 0 Å². The summed E-state index contributed by atoms with van der Waals surface area (Å²) < 4.78 is 10.3. The van der Waals surface area contributed by atoms with Crippen molar-refractivity contribution in [2.75, 3.05) is 13.2 Å². The Morgan fingerprint density at radius 3 is 2.31 bits per heavy atom. The largest absolute Gasteiger partial charge is 0.466 e. The van der Waals surface area contributed by atoms with Crippen LogP contribution in [0.2, 0.25) is 0 Å². The van der Waals surface area contributed by atoms with Crippen LogP contribution in [0.3, 0.4) is 0 Å². The minimum Gasteiger partial charge on any atom is -0.466 e. The normalized spacial score (nSPS) is 14.8. The van der Waals surface area contributed by atoms with Crippen molar-refractivity contribution in [2.24, 2.45) is 5.73 Å². The zero-order chi connectivity index (χ0) is 29.2. The molecule has 1 aromatic carbocycles. The number of ether oxygens (including phenoxy) is 2. The number of hydrogen-bond acceptors (Lipinski definition) is 7. The molecule has 2 atom stereocenters. The number of aryl methyl sites for hydroxylation is 1. The topological polar surface area (TPSA) is 157 Å². The maximum atomic E-state index is 14.1. The zero-order valence-corrected chi connectivity index (χ0v) is 23.6. The van der Waals surface area contributed by atoms with Gasteiger partial charge in [-0.1, -0.05) is 24.3 Å². The van der Waals surface area contributed by atoms with Gasteiger partial charge in [0.1, 0.15) is 17.7 Å². The molecule has 1 aliphatic rings. The highest BCUT2D eigenvalue weighted by Gasteiger charge is 2.42. The van der Waals surface area contributed by atoms with Crippen molar-refractivity contribution in [3.63, 3.8) is 0 Å². The number of esters is 1. The Kier molecular flexibility index (Phi) is 11.7. The van der Waals surface area contributed by atoms with Gasteiger partial charge >= 0.3 is 12.1 Å². The molecule has 0 saturated heterocycles. The fourth-order valence-corrected chi connectivity index (χ4v) is 4.29. The highest BCUT2D eigenvalue weighted by molar-refractivity contribution is 5.93. The van der Waals surface area contributed by atoms with Crippen molar-refractivity contribution in [2.45, 2.75) is 96.9 Å². The van der Waals surface area contributed by atoms with E-state index in [-0.39, 0.29) is 38.5 Å². The van der Waals surface area contributed by atoms with E-state index < -0.39 is 47.5 Å². The second kappa shape index (κ2) is 14.5. The molecule has 1 aromatic rings. The molecule has 0 heterocycles. The quantitative estimate of drug-likeness (QED) is 0.321. The van der Waals surface area contributed by atoms with Gasteiger partial charge in [-0.2, -0.15) is 0 Å². The van der Waals surface area contributed by atoms with Gasteiger partial charge in [-0.05, 0) is 71.4 Å². The molecule has 0 radical (unpaired) electrons. The lowest BCUT2D eigenvalue weighted by Crippen LogP contribution is -2.57. The van der Waals surface area contributed by atoms with Gasteiger partial charge in [0.25, 0.3) is 0 Å². The number of rotatable bonds is 13. The van der Waals surface area contributed by atoms with E-state index in [4.69, 9.17) is 15.2 Å². The van der Waals surface area contributed by atoms with Gasteiger partial charge < -0.3 is 30.7 Å². The number of primary amides is 1. The Morgan fingerprint density at radius 2 is 1.77 bits per heavy atom. The van der Waals surface area contributed by atoms with E-state index in [0.29, 0.717) is 18.4 Å². The first-order valence-electron chi connectivity index (χ1n) is 13.4. The monoisotopic (exact) mass is 546 g/mol. The number of nitrogens with zero attached hydrogens (tertiary/aromatic N) is 1. The van der Waals surface area contributed by atoms with Crippen LogP contribution in [-0.2, 0) is 28.7 Å². The van der Waals surface area contributed by atoms with Crippen LogP contribution >= 0.6 is 0 Å². The molecule has 1 fully saturated rings. The summed E-state index contributed by atoms with van der Waals surface area (Å²) >= 11 is 0. The molecule has 1 saturated carbocycles. The highest BCUT2D eigenvalue weighted by atomic mass is 16.6. The zero-order valence-electron chi connectivity index (χ0n) is 23.6. The number of hydrogen-bond donors (Lipinski definition) is 3. The van der Waals surface area contributed by atoms with Crippen LogP contribution in [0.4, 0.5) is 4.79 Å². The maximum absolute atomic E-state index is 14.1. The number of nitrogens with one attached hydrogen (secondary N) is 2. The minimum absolute atomic E-state index is 0.0150. The summed E-state index contributed by atoms with van der Waals surface area (Å²) in [6.45, 7) is 8.91. The molecule has 2 unspecified atom stereocenters. The number of carbonyl (C=O) groups is 5. The van der Waals surface area contributed by atoms with Crippen LogP contribution < -0.4 is 16.4 Å². The maximum Gasteiger partial charge on any atom is 0.408 e. The summed E-state index contributed by atoms with van der Waals surface area (Å²) in [6.07, 6.45) is 1.21. The number of amides is 4. The average molecular weight is 547 g/mol. The Morgan fingerprint density at radius 1 is 1.10 bits per heavy atom. The molecule has 0 spiro atoms. The predicted octanol–water partition coefficient (Wildman–Crippen LogP) is 2.65. The van der Waals surface area contributed by atoms with E-state index in [0.717, 1.165) is 12.0 Å². The smallest absolute Gasteiger partial charge is 0.408 e. The molecule has 4 amide bonds. The summed E-state index contributed by atoms with van der Waals surface area (Å²) in [5, 5.41) is 5.37. The SMILES string of the molecule is CCOC(=O)CCNC(=O)C(c1ccccc1C)N(C(=O)C(CCC(N)=O)NC(=O)OC(C)(C)C)C1CCC1. The van der Waals surface area contributed by atoms with Gasteiger partial charge in [-0.15, -0.1) is 0 Å². The van der Waals surface area contributed by atoms with Gasteiger partial charge in [0, 0.05) is 19.0 Å². The first kappa shape index (κ1) is 31.6. The lowest BCUT2D eigenvalue weighted by atomic mass is 9.87. The predicted molar refractivity (Wildman–Crippen MR) is 144 cm³/mol. The van der Waals surface area contributed by atoms with E-state index in [1.165, 1.54) is 4.90 Å². The second-order valence-electron chi connectivity index (χ2n) is 10.6. The van der Waals surface area contributed by atoms with Crippen LogP contribution in [0, 0.1) is 6.92 Å². The van der Waals surface area contributed by atoms with Gasteiger partial charge in [0.05, 0.1) is 13.0 Å². The van der Waals surface area contributed by atoms with E-state index in [9.17, 15) is 24.0 Å². The van der Waals surface area contributed by atoms with E-state index in [2.05, 4.69) is 10.6 Å².